The first-order valence-electron chi connectivity index (χ1n) is 9.19. The van der Waals surface area contributed by atoms with Gasteiger partial charge >= 0.3 is 0 Å². The fourth-order valence-corrected chi connectivity index (χ4v) is 3.43. The van der Waals surface area contributed by atoms with Crippen LogP contribution in [0.3, 0.4) is 0 Å². The van der Waals surface area contributed by atoms with Crippen LogP contribution in [-0.2, 0) is 11.2 Å². The molecule has 1 aliphatic rings. The molecule has 1 saturated heterocycles. The Morgan fingerprint density at radius 1 is 1.19 bits per heavy atom. The van der Waals surface area contributed by atoms with Crippen molar-refractivity contribution >= 4 is 16.9 Å². The van der Waals surface area contributed by atoms with Crippen LogP contribution in [0.5, 0.6) is 0 Å². The maximum Gasteiger partial charge on any atom is 0.251 e. The molecular formula is C21H23N3O2. The van der Waals surface area contributed by atoms with Crippen LogP contribution in [0.25, 0.3) is 11.0 Å². The first-order valence-corrected chi connectivity index (χ1v) is 9.19. The lowest BCUT2D eigenvalue weighted by atomic mass is 9.93. The van der Waals surface area contributed by atoms with E-state index in [0.717, 1.165) is 42.9 Å². The van der Waals surface area contributed by atoms with Gasteiger partial charge in [0.25, 0.3) is 5.91 Å². The largest absolute Gasteiger partial charge is 0.381 e. The molecule has 0 radical (unpaired) electrons. The van der Waals surface area contributed by atoms with E-state index in [4.69, 9.17) is 4.74 Å². The highest BCUT2D eigenvalue weighted by atomic mass is 16.5. The van der Waals surface area contributed by atoms with Gasteiger partial charge in [-0.25, -0.2) is 4.98 Å². The number of para-hydroxylation sites is 2. The monoisotopic (exact) mass is 349 g/mol. The predicted molar refractivity (Wildman–Crippen MR) is 101 cm³/mol. The van der Waals surface area contributed by atoms with Crippen molar-refractivity contribution < 1.29 is 9.53 Å². The van der Waals surface area contributed by atoms with Crippen LogP contribution < -0.4 is 5.32 Å². The first kappa shape index (κ1) is 16.8. The number of aromatic nitrogens is 2. The number of ether oxygens (including phenoxy) is 1. The van der Waals surface area contributed by atoms with E-state index in [1.54, 1.807) is 0 Å². The number of fused-ring (bicyclic) bond motifs is 1. The van der Waals surface area contributed by atoms with E-state index in [9.17, 15) is 4.79 Å². The molecule has 1 aromatic heterocycles. The number of nitrogens with one attached hydrogen (secondary N) is 2. The molecule has 1 aliphatic heterocycles. The second-order valence-corrected chi connectivity index (χ2v) is 6.74. The standard InChI is InChI=1S/C21H23N3O2/c25-21(16-9-7-15(8-10-16)17-4-3-13-26-14-17)22-12-11-20-23-18-5-1-2-6-19(18)24-20/h1-2,5-10,17H,3-4,11-14H2,(H,22,25)(H,23,24)/t17-/m1/s1. The molecule has 0 spiro atoms. The zero-order valence-corrected chi connectivity index (χ0v) is 14.7. The van der Waals surface area contributed by atoms with Gasteiger partial charge in [0.2, 0.25) is 0 Å². The number of aromatic amines is 1. The predicted octanol–water partition coefficient (Wildman–Crippen LogP) is 3.43. The zero-order valence-electron chi connectivity index (χ0n) is 14.7. The Morgan fingerprint density at radius 3 is 2.81 bits per heavy atom. The molecule has 0 bridgehead atoms. The van der Waals surface area contributed by atoms with Crippen LogP contribution in [0.4, 0.5) is 0 Å². The van der Waals surface area contributed by atoms with Crippen LogP contribution in [0.15, 0.2) is 48.5 Å². The summed E-state index contributed by atoms with van der Waals surface area (Å²) < 4.78 is 5.54. The summed E-state index contributed by atoms with van der Waals surface area (Å²) in [4.78, 5) is 20.1. The Bertz CT molecular complexity index is 847. The molecule has 2 N–H and O–H groups in total. The van der Waals surface area contributed by atoms with E-state index in [1.165, 1.54) is 5.56 Å². The van der Waals surface area contributed by atoms with Gasteiger partial charge in [-0.15, -0.1) is 0 Å². The van der Waals surface area contributed by atoms with Crippen molar-refractivity contribution in [2.45, 2.75) is 25.2 Å². The summed E-state index contributed by atoms with van der Waals surface area (Å²) in [5, 5.41) is 2.97. The van der Waals surface area contributed by atoms with Gasteiger partial charge < -0.3 is 15.0 Å². The highest BCUT2D eigenvalue weighted by Gasteiger charge is 2.16. The number of imidazole rings is 1. The van der Waals surface area contributed by atoms with Gasteiger partial charge in [0.15, 0.2) is 0 Å². The quantitative estimate of drug-likeness (QED) is 0.741. The Hall–Kier alpha value is -2.66. The molecule has 5 nitrogen and oxygen atoms in total. The second-order valence-electron chi connectivity index (χ2n) is 6.74. The average molecular weight is 349 g/mol. The van der Waals surface area contributed by atoms with Gasteiger partial charge in [-0.2, -0.15) is 0 Å². The van der Waals surface area contributed by atoms with Crippen molar-refractivity contribution in [3.8, 4) is 0 Å². The molecule has 2 aromatic carbocycles. The number of nitrogens with zero attached hydrogens (tertiary/aromatic N) is 1. The molecule has 26 heavy (non-hydrogen) atoms. The lowest BCUT2D eigenvalue weighted by molar-refractivity contribution is 0.0804. The topological polar surface area (TPSA) is 67.0 Å². The Labute approximate surface area is 152 Å². The molecule has 0 saturated carbocycles. The molecule has 0 aliphatic carbocycles. The minimum absolute atomic E-state index is 0.0486. The van der Waals surface area contributed by atoms with Gasteiger partial charge in [-0.05, 0) is 42.7 Å². The zero-order chi connectivity index (χ0) is 17.8. The number of carbonyl (C=O) groups excluding carboxylic acids is 1. The van der Waals surface area contributed by atoms with Crippen LogP contribution in [0.2, 0.25) is 0 Å². The van der Waals surface area contributed by atoms with E-state index in [-0.39, 0.29) is 5.91 Å². The third kappa shape index (κ3) is 3.78. The van der Waals surface area contributed by atoms with Gasteiger partial charge in [0.1, 0.15) is 5.82 Å². The van der Waals surface area contributed by atoms with Crippen molar-refractivity contribution in [3.63, 3.8) is 0 Å². The maximum absolute atomic E-state index is 12.3. The lowest BCUT2D eigenvalue weighted by Gasteiger charge is -2.22. The summed E-state index contributed by atoms with van der Waals surface area (Å²) in [6, 6.07) is 15.8. The average Bonchev–Trinajstić information content (AvgIpc) is 3.11. The smallest absolute Gasteiger partial charge is 0.251 e. The van der Waals surface area contributed by atoms with Gasteiger partial charge in [-0.1, -0.05) is 24.3 Å². The van der Waals surface area contributed by atoms with Crippen LogP contribution in [-0.4, -0.2) is 35.6 Å². The van der Waals surface area contributed by atoms with Crippen molar-refractivity contribution in [3.05, 3.63) is 65.5 Å². The summed E-state index contributed by atoms with van der Waals surface area (Å²) in [6.45, 7) is 2.20. The summed E-state index contributed by atoms with van der Waals surface area (Å²) in [5.41, 5.74) is 3.92. The van der Waals surface area contributed by atoms with Gasteiger partial charge in [0, 0.05) is 31.1 Å². The number of carbonyl (C=O) groups is 1. The molecule has 3 aromatic rings. The Kier molecular flexibility index (Phi) is 4.97. The van der Waals surface area contributed by atoms with Crippen molar-refractivity contribution in [1.29, 1.82) is 0 Å². The molecule has 134 valence electrons. The third-order valence-electron chi connectivity index (χ3n) is 4.89. The minimum atomic E-state index is -0.0486. The van der Waals surface area contributed by atoms with Crippen molar-refractivity contribution in [1.82, 2.24) is 15.3 Å². The summed E-state index contributed by atoms with van der Waals surface area (Å²) in [7, 11) is 0. The number of hydrogen-bond acceptors (Lipinski definition) is 3. The fourth-order valence-electron chi connectivity index (χ4n) is 3.43. The van der Waals surface area contributed by atoms with Gasteiger partial charge in [0.05, 0.1) is 17.6 Å². The van der Waals surface area contributed by atoms with Crippen LogP contribution in [0, 0.1) is 0 Å². The molecule has 1 amide bonds. The number of H-pyrrole nitrogens is 1. The number of amides is 1. The summed E-state index contributed by atoms with van der Waals surface area (Å²) in [6.07, 6.45) is 2.94. The second kappa shape index (κ2) is 7.70. The molecule has 1 fully saturated rings. The summed E-state index contributed by atoms with van der Waals surface area (Å²) in [5.74, 6) is 1.29. The Morgan fingerprint density at radius 2 is 2.04 bits per heavy atom. The van der Waals surface area contributed by atoms with Crippen molar-refractivity contribution in [2.24, 2.45) is 0 Å². The minimum Gasteiger partial charge on any atom is -0.381 e. The fraction of sp³-hybridized carbons (Fsp3) is 0.333. The Balaban J connectivity index is 1.31. The van der Waals surface area contributed by atoms with E-state index in [2.05, 4.69) is 15.3 Å². The highest BCUT2D eigenvalue weighted by Crippen LogP contribution is 2.25. The first-order chi connectivity index (χ1) is 12.8. The number of benzene rings is 2. The number of rotatable bonds is 5. The normalized spacial score (nSPS) is 17.3. The summed E-state index contributed by atoms with van der Waals surface area (Å²) >= 11 is 0. The third-order valence-corrected chi connectivity index (χ3v) is 4.89. The number of hydrogen-bond donors (Lipinski definition) is 2. The molecule has 1 atom stereocenters. The molecular weight excluding hydrogens is 326 g/mol. The van der Waals surface area contributed by atoms with E-state index in [1.807, 2.05) is 48.5 Å². The SMILES string of the molecule is O=C(NCCc1nc2ccccc2[nH]1)c1ccc([C@@H]2CCCOC2)cc1. The van der Waals surface area contributed by atoms with Gasteiger partial charge in [-0.3, -0.25) is 4.79 Å². The maximum atomic E-state index is 12.3. The van der Waals surface area contributed by atoms with Crippen LogP contribution >= 0.6 is 0 Å². The van der Waals surface area contributed by atoms with Crippen LogP contribution in [0.1, 0.15) is 40.5 Å². The highest BCUT2D eigenvalue weighted by molar-refractivity contribution is 5.94. The molecule has 0 unspecified atom stereocenters. The molecule has 5 heteroatoms. The lowest BCUT2D eigenvalue weighted by Crippen LogP contribution is -2.26. The van der Waals surface area contributed by atoms with Crippen molar-refractivity contribution in [2.75, 3.05) is 19.8 Å². The molecule has 2 heterocycles. The van der Waals surface area contributed by atoms with E-state index >= 15 is 0 Å². The van der Waals surface area contributed by atoms with E-state index < -0.39 is 0 Å². The van der Waals surface area contributed by atoms with E-state index in [0.29, 0.717) is 24.4 Å². The molecule has 4 rings (SSSR count).